The smallest absolute Gasteiger partial charge is 0.169 e. The molecule has 22 heavy (non-hydrogen) atoms. The summed E-state index contributed by atoms with van der Waals surface area (Å²) >= 11 is 5.70. The van der Waals surface area contributed by atoms with Crippen LogP contribution >= 0.6 is 12.2 Å². The quantitative estimate of drug-likeness (QED) is 0.814. The molecule has 0 aromatic heterocycles. The van der Waals surface area contributed by atoms with Gasteiger partial charge >= 0.3 is 0 Å². The van der Waals surface area contributed by atoms with Crippen LogP contribution in [0.3, 0.4) is 0 Å². The summed E-state index contributed by atoms with van der Waals surface area (Å²) in [6.07, 6.45) is 5.50. The molecule has 0 amide bonds. The molecule has 4 heteroatoms. The van der Waals surface area contributed by atoms with Crippen LogP contribution in [0.1, 0.15) is 31.2 Å². The van der Waals surface area contributed by atoms with Crippen LogP contribution in [0.4, 0.5) is 0 Å². The van der Waals surface area contributed by atoms with Crippen LogP contribution in [-0.2, 0) is 11.3 Å². The average molecular weight is 318 g/mol. The van der Waals surface area contributed by atoms with Crippen LogP contribution in [0.25, 0.3) is 0 Å². The lowest BCUT2D eigenvalue weighted by molar-refractivity contribution is 0.173. The summed E-state index contributed by atoms with van der Waals surface area (Å²) in [7, 11) is 1.74. The maximum absolute atomic E-state index is 5.70. The predicted molar refractivity (Wildman–Crippen MR) is 93.7 cm³/mol. The summed E-state index contributed by atoms with van der Waals surface area (Å²) in [4.78, 5) is 2.24. The minimum atomic E-state index is 0.590. The number of hydrogen-bond acceptors (Lipinski definition) is 2. The molecule has 2 aliphatic rings. The summed E-state index contributed by atoms with van der Waals surface area (Å²) in [5.41, 5.74) is 1.29. The predicted octanol–water partition coefficient (Wildman–Crippen LogP) is 3.20. The summed E-state index contributed by atoms with van der Waals surface area (Å²) in [5, 5.41) is 4.53. The number of nitrogens with zero attached hydrogens (tertiary/aromatic N) is 1. The van der Waals surface area contributed by atoms with Gasteiger partial charge in [0.15, 0.2) is 5.11 Å². The minimum Gasteiger partial charge on any atom is -0.383 e. The molecule has 2 aliphatic carbocycles. The zero-order valence-electron chi connectivity index (χ0n) is 13.3. The van der Waals surface area contributed by atoms with Gasteiger partial charge in [-0.2, -0.15) is 0 Å². The van der Waals surface area contributed by atoms with Gasteiger partial charge in [-0.1, -0.05) is 36.8 Å². The molecule has 3 atom stereocenters. The Hall–Kier alpha value is -1.13. The van der Waals surface area contributed by atoms with Gasteiger partial charge in [0.2, 0.25) is 0 Å². The van der Waals surface area contributed by atoms with Crippen LogP contribution in [0.5, 0.6) is 0 Å². The molecular formula is C18H26N2OS. The van der Waals surface area contributed by atoms with Gasteiger partial charge in [-0.05, 0) is 48.9 Å². The number of thiocarbonyl (C=S) groups is 1. The Morgan fingerprint density at radius 1 is 1.27 bits per heavy atom. The first kappa shape index (κ1) is 15.8. The average Bonchev–Trinajstić information content (AvgIpc) is 3.15. The molecule has 2 fully saturated rings. The highest BCUT2D eigenvalue weighted by Gasteiger charge is 2.39. The zero-order chi connectivity index (χ0) is 15.4. The summed E-state index contributed by atoms with van der Waals surface area (Å²) < 4.78 is 5.25. The lowest BCUT2D eigenvalue weighted by Crippen LogP contribution is -2.47. The van der Waals surface area contributed by atoms with E-state index in [4.69, 9.17) is 17.0 Å². The van der Waals surface area contributed by atoms with Crippen LogP contribution < -0.4 is 5.32 Å². The molecule has 1 aromatic rings. The van der Waals surface area contributed by atoms with Gasteiger partial charge in [-0.25, -0.2) is 0 Å². The summed E-state index contributed by atoms with van der Waals surface area (Å²) in [5.74, 6) is 1.77. The summed E-state index contributed by atoms with van der Waals surface area (Å²) in [6.45, 7) is 2.38. The Bertz CT molecular complexity index is 493. The van der Waals surface area contributed by atoms with E-state index in [2.05, 4.69) is 40.5 Å². The molecular weight excluding hydrogens is 292 g/mol. The molecule has 1 aromatic carbocycles. The van der Waals surface area contributed by atoms with Crippen LogP contribution in [-0.4, -0.2) is 36.3 Å². The lowest BCUT2D eigenvalue weighted by atomic mass is 9.95. The van der Waals surface area contributed by atoms with Gasteiger partial charge in [0.1, 0.15) is 0 Å². The molecule has 2 saturated carbocycles. The third kappa shape index (κ3) is 3.79. The standard InChI is InChI=1S/C18H26N2OS/c1-21-10-9-20(13-14-5-3-2-4-6-14)18(22)19-17-12-15-7-8-16(17)11-15/h2-6,15-17H,7-13H2,1H3,(H,19,22)/t15-,16-,17+/m1/s1. The Morgan fingerprint density at radius 3 is 2.73 bits per heavy atom. The van der Waals surface area contributed by atoms with E-state index in [1.165, 1.54) is 31.2 Å². The molecule has 0 aliphatic heterocycles. The Kier molecular flexibility index (Phi) is 5.32. The number of fused-ring (bicyclic) bond motifs is 2. The molecule has 2 bridgehead atoms. The molecule has 1 N–H and O–H groups in total. The van der Waals surface area contributed by atoms with Crippen molar-refractivity contribution in [3.05, 3.63) is 35.9 Å². The molecule has 0 unspecified atom stereocenters. The zero-order valence-corrected chi connectivity index (χ0v) is 14.1. The third-order valence-corrected chi connectivity index (χ3v) is 5.49. The first-order valence-electron chi connectivity index (χ1n) is 8.34. The summed E-state index contributed by atoms with van der Waals surface area (Å²) in [6, 6.07) is 11.1. The highest BCUT2D eigenvalue weighted by atomic mass is 32.1. The van der Waals surface area contributed by atoms with Gasteiger partial charge in [0.25, 0.3) is 0 Å². The van der Waals surface area contributed by atoms with Crippen molar-refractivity contribution in [1.82, 2.24) is 10.2 Å². The van der Waals surface area contributed by atoms with E-state index in [1.807, 2.05) is 0 Å². The van der Waals surface area contributed by atoms with Crippen LogP contribution in [0, 0.1) is 11.8 Å². The monoisotopic (exact) mass is 318 g/mol. The van der Waals surface area contributed by atoms with E-state index in [1.54, 1.807) is 7.11 Å². The maximum atomic E-state index is 5.70. The first-order chi connectivity index (χ1) is 10.8. The van der Waals surface area contributed by atoms with Gasteiger partial charge in [0.05, 0.1) is 6.61 Å². The van der Waals surface area contributed by atoms with E-state index >= 15 is 0 Å². The molecule has 0 radical (unpaired) electrons. The van der Waals surface area contributed by atoms with E-state index in [0.29, 0.717) is 12.6 Å². The van der Waals surface area contributed by atoms with Gasteiger partial charge in [-0.15, -0.1) is 0 Å². The molecule has 0 saturated heterocycles. The first-order valence-corrected chi connectivity index (χ1v) is 8.75. The van der Waals surface area contributed by atoms with E-state index < -0.39 is 0 Å². The molecule has 0 spiro atoms. The van der Waals surface area contributed by atoms with Crippen molar-refractivity contribution in [3.63, 3.8) is 0 Å². The van der Waals surface area contributed by atoms with E-state index in [0.717, 1.165) is 30.0 Å². The van der Waals surface area contributed by atoms with Gasteiger partial charge in [-0.3, -0.25) is 0 Å². The topological polar surface area (TPSA) is 24.5 Å². The fraction of sp³-hybridized carbons (Fsp3) is 0.611. The van der Waals surface area contributed by atoms with Crippen molar-refractivity contribution in [2.24, 2.45) is 11.8 Å². The second kappa shape index (κ2) is 7.42. The van der Waals surface area contributed by atoms with Crippen LogP contribution in [0.2, 0.25) is 0 Å². The lowest BCUT2D eigenvalue weighted by Gasteiger charge is -2.31. The second-order valence-electron chi connectivity index (χ2n) is 6.63. The largest absolute Gasteiger partial charge is 0.383 e. The Morgan fingerprint density at radius 2 is 2.09 bits per heavy atom. The van der Waals surface area contributed by atoms with Crippen molar-refractivity contribution in [2.75, 3.05) is 20.3 Å². The Balaban J connectivity index is 1.59. The Labute approximate surface area is 139 Å². The minimum absolute atomic E-state index is 0.590. The molecule has 3 rings (SSSR count). The fourth-order valence-corrected chi connectivity index (χ4v) is 4.24. The maximum Gasteiger partial charge on any atom is 0.169 e. The second-order valence-corrected chi connectivity index (χ2v) is 7.02. The highest BCUT2D eigenvalue weighted by molar-refractivity contribution is 7.80. The number of methoxy groups -OCH3 is 1. The number of ether oxygens (including phenoxy) is 1. The normalized spacial score (nSPS) is 26.1. The number of benzene rings is 1. The number of hydrogen-bond donors (Lipinski definition) is 1. The molecule has 0 heterocycles. The van der Waals surface area contributed by atoms with Crippen molar-refractivity contribution in [3.8, 4) is 0 Å². The van der Waals surface area contributed by atoms with E-state index in [-0.39, 0.29) is 0 Å². The number of rotatable bonds is 6. The van der Waals surface area contributed by atoms with Crippen molar-refractivity contribution in [2.45, 2.75) is 38.3 Å². The van der Waals surface area contributed by atoms with E-state index in [9.17, 15) is 0 Å². The van der Waals surface area contributed by atoms with Crippen molar-refractivity contribution in [1.29, 1.82) is 0 Å². The molecule has 120 valence electrons. The SMILES string of the molecule is COCCN(Cc1ccccc1)C(=S)N[C@H]1C[C@@H]2CC[C@@H]1C2. The van der Waals surface area contributed by atoms with Crippen molar-refractivity contribution >= 4 is 17.3 Å². The van der Waals surface area contributed by atoms with Gasteiger partial charge in [0, 0.05) is 26.2 Å². The van der Waals surface area contributed by atoms with Gasteiger partial charge < -0.3 is 15.0 Å². The molecule has 3 nitrogen and oxygen atoms in total. The van der Waals surface area contributed by atoms with Crippen LogP contribution in [0.15, 0.2) is 30.3 Å². The highest BCUT2D eigenvalue weighted by Crippen LogP contribution is 2.44. The van der Waals surface area contributed by atoms with Crippen molar-refractivity contribution < 1.29 is 4.74 Å². The third-order valence-electron chi connectivity index (χ3n) is 5.12. The number of nitrogens with one attached hydrogen (secondary N) is 1. The fourth-order valence-electron chi connectivity index (χ4n) is 3.93.